The summed E-state index contributed by atoms with van der Waals surface area (Å²) in [7, 11) is 1.81. The second kappa shape index (κ2) is 5.02. The molecule has 1 aromatic rings. The summed E-state index contributed by atoms with van der Waals surface area (Å²) in [4.78, 5) is 26.5. The third-order valence-corrected chi connectivity index (χ3v) is 4.50. The second-order valence-electron chi connectivity index (χ2n) is 5.68. The fourth-order valence-corrected chi connectivity index (χ4v) is 3.44. The van der Waals surface area contributed by atoms with Crippen molar-refractivity contribution in [2.45, 2.75) is 44.7 Å². The Bertz CT molecular complexity index is 568. The van der Waals surface area contributed by atoms with Gasteiger partial charge >= 0.3 is 0 Å². The molecule has 2 atom stereocenters. The predicted octanol–water partition coefficient (Wildman–Crippen LogP) is 1.46. The molecule has 4 heteroatoms. The lowest BCUT2D eigenvalue weighted by atomic mass is 9.91. The molecule has 3 rings (SSSR count). The Morgan fingerprint density at radius 1 is 1.25 bits per heavy atom. The van der Waals surface area contributed by atoms with E-state index in [0.717, 1.165) is 31.4 Å². The van der Waals surface area contributed by atoms with Crippen LogP contribution in [0.2, 0.25) is 0 Å². The van der Waals surface area contributed by atoms with E-state index in [1.54, 1.807) is 11.8 Å². The normalized spacial score (nSPS) is 25.1. The number of ketones is 1. The third-order valence-electron chi connectivity index (χ3n) is 4.50. The van der Waals surface area contributed by atoms with Crippen LogP contribution in [0.5, 0.6) is 0 Å². The minimum Gasteiger partial charge on any atom is -0.309 e. The number of nitrogens with one attached hydrogen (secondary N) is 1. The first kappa shape index (κ1) is 13.3. The summed E-state index contributed by atoms with van der Waals surface area (Å²) in [6.07, 6.45) is 3.27. The molecule has 2 unspecified atom stereocenters. The average molecular weight is 272 g/mol. The van der Waals surface area contributed by atoms with Crippen molar-refractivity contribution in [1.82, 2.24) is 5.32 Å². The maximum atomic E-state index is 12.8. The first-order valence-corrected chi connectivity index (χ1v) is 7.25. The lowest BCUT2D eigenvalue weighted by Crippen LogP contribution is -2.53. The van der Waals surface area contributed by atoms with E-state index in [0.29, 0.717) is 0 Å². The van der Waals surface area contributed by atoms with Crippen LogP contribution in [0.3, 0.4) is 0 Å². The predicted molar refractivity (Wildman–Crippen MR) is 77.9 cm³/mol. The van der Waals surface area contributed by atoms with Crippen LogP contribution in [-0.4, -0.2) is 30.8 Å². The number of para-hydroxylation sites is 1. The lowest BCUT2D eigenvalue weighted by Gasteiger charge is -2.37. The molecular weight excluding hydrogens is 252 g/mol. The Hall–Kier alpha value is -1.68. The Labute approximate surface area is 119 Å². The van der Waals surface area contributed by atoms with Crippen LogP contribution >= 0.6 is 0 Å². The van der Waals surface area contributed by atoms with Gasteiger partial charge in [-0.15, -0.1) is 0 Å². The fraction of sp³-hybridized carbons (Fsp3) is 0.500. The van der Waals surface area contributed by atoms with E-state index < -0.39 is 0 Å². The summed E-state index contributed by atoms with van der Waals surface area (Å²) >= 11 is 0. The molecule has 0 aliphatic carbocycles. The molecule has 106 valence electrons. The molecule has 0 bridgehead atoms. The molecule has 20 heavy (non-hydrogen) atoms. The molecule has 2 heterocycles. The van der Waals surface area contributed by atoms with Crippen LogP contribution < -0.4 is 10.2 Å². The molecule has 0 fully saturated rings. The first-order chi connectivity index (χ1) is 9.63. The standard InChI is InChI=1S/C16H20N2O2/c1-10(19)14-9-7-12-5-3-4-11-6-8-13(17-2)16(20)18(14)15(11)12/h3-5,13-14,17H,6-9H2,1-2H3. The highest BCUT2D eigenvalue weighted by atomic mass is 16.2. The molecule has 0 aromatic heterocycles. The van der Waals surface area contributed by atoms with Crippen molar-refractivity contribution in [1.29, 1.82) is 0 Å². The van der Waals surface area contributed by atoms with E-state index >= 15 is 0 Å². The molecule has 1 amide bonds. The molecule has 0 radical (unpaired) electrons. The summed E-state index contributed by atoms with van der Waals surface area (Å²) in [6.45, 7) is 1.59. The van der Waals surface area contributed by atoms with Crippen molar-refractivity contribution in [2.24, 2.45) is 0 Å². The van der Waals surface area contributed by atoms with E-state index in [9.17, 15) is 9.59 Å². The summed E-state index contributed by atoms with van der Waals surface area (Å²) in [6, 6.07) is 5.72. The van der Waals surface area contributed by atoms with Gasteiger partial charge in [-0.2, -0.15) is 0 Å². The van der Waals surface area contributed by atoms with Gasteiger partial charge in [-0.3, -0.25) is 9.59 Å². The van der Waals surface area contributed by atoms with Gasteiger partial charge in [-0.05, 0) is 50.8 Å². The van der Waals surface area contributed by atoms with Gasteiger partial charge in [-0.25, -0.2) is 0 Å². The summed E-state index contributed by atoms with van der Waals surface area (Å²) in [5.41, 5.74) is 3.39. The van der Waals surface area contributed by atoms with Crippen molar-refractivity contribution >= 4 is 17.4 Å². The van der Waals surface area contributed by atoms with Gasteiger partial charge in [0.2, 0.25) is 5.91 Å². The molecule has 1 N–H and O–H groups in total. The minimum atomic E-state index is -0.301. The van der Waals surface area contributed by atoms with E-state index in [4.69, 9.17) is 0 Å². The van der Waals surface area contributed by atoms with Crippen molar-refractivity contribution < 1.29 is 9.59 Å². The van der Waals surface area contributed by atoms with E-state index in [1.807, 2.05) is 7.05 Å². The van der Waals surface area contributed by atoms with E-state index in [2.05, 4.69) is 23.5 Å². The topological polar surface area (TPSA) is 49.4 Å². The number of amides is 1. The highest BCUT2D eigenvalue weighted by Gasteiger charge is 2.39. The number of hydrogen-bond donors (Lipinski definition) is 1. The van der Waals surface area contributed by atoms with Crippen molar-refractivity contribution in [3.05, 3.63) is 29.3 Å². The number of hydrogen-bond acceptors (Lipinski definition) is 3. The zero-order valence-electron chi connectivity index (χ0n) is 12.0. The van der Waals surface area contributed by atoms with Crippen LogP contribution in [0.4, 0.5) is 5.69 Å². The number of nitrogens with zero attached hydrogens (tertiary/aromatic N) is 1. The van der Waals surface area contributed by atoms with Crippen molar-refractivity contribution in [3.8, 4) is 0 Å². The lowest BCUT2D eigenvalue weighted by molar-refractivity contribution is -0.125. The Balaban J connectivity index is 2.16. The zero-order valence-corrected chi connectivity index (χ0v) is 12.0. The van der Waals surface area contributed by atoms with Gasteiger partial charge in [0.05, 0.1) is 17.8 Å². The zero-order chi connectivity index (χ0) is 14.3. The summed E-state index contributed by atoms with van der Waals surface area (Å²) < 4.78 is 0. The molecule has 4 nitrogen and oxygen atoms in total. The Morgan fingerprint density at radius 2 is 1.90 bits per heavy atom. The highest BCUT2D eigenvalue weighted by Crippen LogP contribution is 2.37. The molecule has 2 aliphatic heterocycles. The van der Waals surface area contributed by atoms with Gasteiger partial charge in [0.15, 0.2) is 5.78 Å². The fourth-order valence-electron chi connectivity index (χ4n) is 3.44. The van der Waals surface area contributed by atoms with Gasteiger partial charge in [0.25, 0.3) is 0 Å². The number of carbonyl (C=O) groups is 2. The quantitative estimate of drug-likeness (QED) is 0.886. The number of likely N-dealkylation sites (N-methyl/N-ethyl adjacent to an activating group) is 1. The van der Waals surface area contributed by atoms with Gasteiger partial charge < -0.3 is 10.2 Å². The second-order valence-corrected chi connectivity index (χ2v) is 5.68. The minimum absolute atomic E-state index is 0.0404. The molecule has 0 saturated carbocycles. The van der Waals surface area contributed by atoms with E-state index in [-0.39, 0.29) is 23.8 Å². The number of anilines is 1. The van der Waals surface area contributed by atoms with Crippen LogP contribution in [0, 0.1) is 0 Å². The smallest absolute Gasteiger partial charge is 0.244 e. The monoisotopic (exact) mass is 272 g/mol. The average Bonchev–Trinajstić information content (AvgIpc) is 2.59. The number of rotatable bonds is 2. The first-order valence-electron chi connectivity index (χ1n) is 7.25. The SMILES string of the molecule is CNC1CCc2cccc3c2N(C1=O)C(C(C)=O)CC3. The molecule has 2 aliphatic rings. The van der Waals surface area contributed by atoms with Crippen LogP contribution in [0.1, 0.15) is 30.9 Å². The molecule has 1 aromatic carbocycles. The Morgan fingerprint density at radius 3 is 2.50 bits per heavy atom. The van der Waals surface area contributed by atoms with Crippen molar-refractivity contribution in [2.75, 3.05) is 11.9 Å². The van der Waals surface area contributed by atoms with Gasteiger partial charge in [0, 0.05) is 0 Å². The van der Waals surface area contributed by atoms with Gasteiger partial charge in [-0.1, -0.05) is 18.2 Å². The van der Waals surface area contributed by atoms with E-state index in [1.165, 1.54) is 11.1 Å². The van der Waals surface area contributed by atoms with Gasteiger partial charge in [0.1, 0.15) is 0 Å². The van der Waals surface area contributed by atoms with Crippen molar-refractivity contribution in [3.63, 3.8) is 0 Å². The molecule has 0 spiro atoms. The highest BCUT2D eigenvalue weighted by molar-refractivity contribution is 6.05. The number of benzene rings is 1. The largest absolute Gasteiger partial charge is 0.309 e. The summed E-state index contributed by atoms with van der Waals surface area (Å²) in [5.74, 6) is 0.120. The Kier molecular flexibility index (Phi) is 3.34. The van der Waals surface area contributed by atoms with Crippen LogP contribution in [0.25, 0.3) is 0 Å². The van der Waals surface area contributed by atoms with Crippen LogP contribution in [0.15, 0.2) is 18.2 Å². The maximum absolute atomic E-state index is 12.8. The maximum Gasteiger partial charge on any atom is 0.244 e. The van der Waals surface area contributed by atoms with Crippen LogP contribution in [-0.2, 0) is 22.4 Å². The number of aryl methyl sites for hydroxylation is 2. The summed E-state index contributed by atoms with van der Waals surface area (Å²) in [5, 5.41) is 3.09. The number of Topliss-reactive ketones (excluding diaryl/α,β-unsaturated/α-hetero) is 1. The third kappa shape index (κ3) is 1.95. The number of carbonyl (C=O) groups excluding carboxylic acids is 2. The molecule has 0 saturated heterocycles. The molecular formula is C16H20N2O2.